The van der Waals surface area contributed by atoms with Crippen molar-refractivity contribution in [1.29, 1.82) is 0 Å². The summed E-state index contributed by atoms with van der Waals surface area (Å²) in [5, 5.41) is 3.23. The molecule has 0 radical (unpaired) electrons. The summed E-state index contributed by atoms with van der Waals surface area (Å²) in [6.07, 6.45) is 4.90. The average molecular weight is 236 g/mol. The zero-order valence-corrected chi connectivity index (χ0v) is 11.4. The van der Waals surface area contributed by atoms with Crippen LogP contribution in [0.5, 0.6) is 0 Å². The number of nitrogens with zero attached hydrogens (tertiary/aromatic N) is 3. The van der Waals surface area contributed by atoms with E-state index < -0.39 is 0 Å². The van der Waals surface area contributed by atoms with Crippen molar-refractivity contribution in [2.24, 2.45) is 5.92 Å². The summed E-state index contributed by atoms with van der Waals surface area (Å²) in [5.74, 6) is 1.77. The first-order chi connectivity index (χ1) is 8.29. The quantitative estimate of drug-likeness (QED) is 0.869. The van der Waals surface area contributed by atoms with E-state index in [0.29, 0.717) is 0 Å². The number of aromatic nitrogens is 2. The third-order valence-electron chi connectivity index (χ3n) is 2.84. The highest BCUT2D eigenvalue weighted by Gasteiger charge is 2.22. The highest BCUT2D eigenvalue weighted by atomic mass is 15.2. The fraction of sp³-hybridized carbons (Fsp3) is 0.692. The van der Waals surface area contributed by atoms with Crippen LogP contribution in [0.2, 0.25) is 0 Å². The number of hydrogen-bond donors (Lipinski definition) is 1. The molecule has 0 amide bonds. The lowest BCUT2D eigenvalue weighted by molar-refractivity contribution is 0.549. The highest BCUT2D eigenvalue weighted by Crippen LogP contribution is 2.20. The summed E-state index contributed by atoms with van der Waals surface area (Å²) in [6, 6.07) is 0. The molecule has 1 aromatic heterocycles. The van der Waals surface area contributed by atoms with Gasteiger partial charge in [-0.1, -0.05) is 13.8 Å². The van der Waals surface area contributed by atoms with Gasteiger partial charge in [0.1, 0.15) is 5.82 Å². The van der Waals surface area contributed by atoms with Gasteiger partial charge in [0.15, 0.2) is 0 Å². The fourth-order valence-corrected chi connectivity index (χ4v) is 2.10. The van der Waals surface area contributed by atoms with Gasteiger partial charge >= 0.3 is 0 Å². The normalized spacial score (nSPS) is 18.8. The minimum atomic E-state index is 0.748. The topological polar surface area (TPSA) is 41.0 Å². The van der Waals surface area contributed by atoms with E-state index in [1.165, 1.54) is 6.42 Å². The number of aryl methyl sites for hydroxylation is 1. The standard InChI is InChI=1S/C11H18N4.C2H6/c1-9-5-13-7-11(14-9)15-4-3-10(8-15)6-12-2;1-2/h5,7,10,12H,3-4,6,8H2,1-2H3;1-2H3. The van der Waals surface area contributed by atoms with Crippen LogP contribution < -0.4 is 10.2 Å². The molecule has 1 saturated heterocycles. The van der Waals surface area contributed by atoms with Crippen LogP contribution in [0.4, 0.5) is 5.82 Å². The van der Waals surface area contributed by atoms with Crippen LogP contribution in [0.15, 0.2) is 12.4 Å². The van der Waals surface area contributed by atoms with Gasteiger partial charge in [-0.05, 0) is 32.9 Å². The van der Waals surface area contributed by atoms with Crippen molar-refractivity contribution >= 4 is 5.82 Å². The third-order valence-corrected chi connectivity index (χ3v) is 2.84. The molecule has 1 unspecified atom stereocenters. The van der Waals surface area contributed by atoms with Crippen molar-refractivity contribution in [2.45, 2.75) is 27.2 Å². The molecule has 2 rings (SSSR count). The first-order valence-corrected chi connectivity index (χ1v) is 6.48. The SMILES string of the molecule is CC.CNCC1CCN(c2cncc(C)n2)C1. The van der Waals surface area contributed by atoms with E-state index in [1.54, 1.807) is 6.20 Å². The van der Waals surface area contributed by atoms with E-state index in [-0.39, 0.29) is 0 Å². The van der Waals surface area contributed by atoms with Gasteiger partial charge in [0.25, 0.3) is 0 Å². The largest absolute Gasteiger partial charge is 0.355 e. The van der Waals surface area contributed by atoms with Crippen LogP contribution in [0.3, 0.4) is 0 Å². The van der Waals surface area contributed by atoms with E-state index in [0.717, 1.165) is 37.1 Å². The maximum atomic E-state index is 4.49. The van der Waals surface area contributed by atoms with E-state index in [1.807, 2.05) is 34.0 Å². The lowest BCUT2D eigenvalue weighted by atomic mass is 10.1. The predicted molar refractivity (Wildman–Crippen MR) is 72.4 cm³/mol. The smallest absolute Gasteiger partial charge is 0.147 e. The van der Waals surface area contributed by atoms with E-state index in [9.17, 15) is 0 Å². The monoisotopic (exact) mass is 236 g/mol. The Morgan fingerprint density at radius 2 is 2.18 bits per heavy atom. The maximum absolute atomic E-state index is 4.49. The van der Waals surface area contributed by atoms with Crippen molar-refractivity contribution in [1.82, 2.24) is 15.3 Å². The van der Waals surface area contributed by atoms with Crippen LogP contribution in [-0.4, -0.2) is 36.6 Å². The van der Waals surface area contributed by atoms with Gasteiger partial charge in [-0.15, -0.1) is 0 Å². The number of nitrogens with one attached hydrogen (secondary N) is 1. The number of hydrogen-bond acceptors (Lipinski definition) is 4. The summed E-state index contributed by atoms with van der Waals surface area (Å²) >= 11 is 0. The Bertz CT molecular complexity index is 327. The third kappa shape index (κ3) is 3.97. The molecule has 4 heteroatoms. The van der Waals surface area contributed by atoms with Gasteiger partial charge in [-0.3, -0.25) is 4.98 Å². The van der Waals surface area contributed by atoms with Gasteiger partial charge in [0.05, 0.1) is 11.9 Å². The molecular weight excluding hydrogens is 212 g/mol. The second-order valence-electron chi connectivity index (χ2n) is 4.18. The van der Waals surface area contributed by atoms with Gasteiger partial charge < -0.3 is 10.2 Å². The molecule has 4 nitrogen and oxygen atoms in total. The lowest BCUT2D eigenvalue weighted by Crippen LogP contribution is -2.25. The molecule has 2 heterocycles. The van der Waals surface area contributed by atoms with Crippen LogP contribution in [0, 0.1) is 12.8 Å². The first kappa shape index (κ1) is 13.9. The van der Waals surface area contributed by atoms with Gasteiger partial charge in [0, 0.05) is 19.3 Å². The highest BCUT2D eigenvalue weighted by molar-refractivity contribution is 5.37. The van der Waals surface area contributed by atoms with Crippen molar-refractivity contribution in [3.63, 3.8) is 0 Å². The molecule has 0 spiro atoms. The predicted octanol–water partition coefficient (Wildman–Crippen LogP) is 1.86. The molecular formula is C13H24N4. The summed E-state index contributed by atoms with van der Waals surface area (Å²) in [4.78, 5) is 11.0. The summed E-state index contributed by atoms with van der Waals surface area (Å²) in [7, 11) is 2.01. The lowest BCUT2D eigenvalue weighted by Gasteiger charge is -2.17. The Hall–Kier alpha value is -1.16. The Labute approximate surface area is 104 Å². The molecule has 1 aromatic rings. The Kier molecular flexibility index (Phi) is 5.91. The minimum Gasteiger partial charge on any atom is -0.355 e. The Morgan fingerprint density at radius 3 is 2.82 bits per heavy atom. The molecule has 1 aliphatic rings. The zero-order chi connectivity index (χ0) is 12.7. The molecule has 96 valence electrons. The average Bonchev–Trinajstić information content (AvgIpc) is 2.81. The summed E-state index contributed by atoms with van der Waals surface area (Å²) in [5.41, 5.74) is 0.990. The minimum absolute atomic E-state index is 0.748. The molecule has 1 N–H and O–H groups in total. The number of anilines is 1. The maximum Gasteiger partial charge on any atom is 0.147 e. The van der Waals surface area contributed by atoms with Crippen LogP contribution in [0.1, 0.15) is 26.0 Å². The molecule has 0 bridgehead atoms. The van der Waals surface area contributed by atoms with Crippen molar-refractivity contribution in [3.8, 4) is 0 Å². The van der Waals surface area contributed by atoms with Crippen LogP contribution >= 0.6 is 0 Å². The van der Waals surface area contributed by atoms with E-state index >= 15 is 0 Å². The van der Waals surface area contributed by atoms with Crippen molar-refractivity contribution < 1.29 is 0 Å². The molecule has 17 heavy (non-hydrogen) atoms. The van der Waals surface area contributed by atoms with E-state index in [4.69, 9.17) is 0 Å². The van der Waals surface area contributed by atoms with Crippen molar-refractivity contribution in [2.75, 3.05) is 31.6 Å². The van der Waals surface area contributed by atoms with Crippen molar-refractivity contribution in [3.05, 3.63) is 18.1 Å². The molecule has 0 aromatic carbocycles. The molecule has 1 fully saturated rings. The van der Waals surface area contributed by atoms with Gasteiger partial charge in [-0.25, -0.2) is 4.98 Å². The van der Waals surface area contributed by atoms with Gasteiger partial charge in [-0.2, -0.15) is 0 Å². The molecule has 1 aliphatic heterocycles. The molecule has 0 saturated carbocycles. The zero-order valence-electron chi connectivity index (χ0n) is 11.4. The Balaban J connectivity index is 0.000000686. The molecule has 1 atom stereocenters. The second kappa shape index (κ2) is 7.22. The second-order valence-corrected chi connectivity index (χ2v) is 4.18. The first-order valence-electron chi connectivity index (χ1n) is 6.48. The summed E-state index contributed by atoms with van der Waals surface area (Å²) in [6.45, 7) is 9.27. The van der Waals surface area contributed by atoms with Gasteiger partial charge in [0.2, 0.25) is 0 Å². The van der Waals surface area contributed by atoms with Crippen LogP contribution in [-0.2, 0) is 0 Å². The number of rotatable bonds is 3. The summed E-state index contributed by atoms with van der Waals surface area (Å²) < 4.78 is 0. The Morgan fingerprint density at radius 1 is 1.41 bits per heavy atom. The fourth-order valence-electron chi connectivity index (χ4n) is 2.10. The van der Waals surface area contributed by atoms with E-state index in [2.05, 4.69) is 20.2 Å². The van der Waals surface area contributed by atoms with Crippen LogP contribution in [0.25, 0.3) is 0 Å². The molecule has 0 aliphatic carbocycles.